The molecule has 0 aromatic heterocycles. The zero-order valence-electron chi connectivity index (χ0n) is 11.5. The van der Waals surface area contributed by atoms with Crippen LogP contribution in [0.1, 0.15) is 52.9 Å². The van der Waals surface area contributed by atoms with E-state index >= 15 is 0 Å². The summed E-state index contributed by atoms with van der Waals surface area (Å²) >= 11 is 0. The maximum absolute atomic E-state index is 4.09. The zero-order valence-corrected chi connectivity index (χ0v) is 12.9. The van der Waals surface area contributed by atoms with Crippen LogP contribution in [-0.2, 0) is 0 Å². The molecule has 1 heterocycles. The maximum atomic E-state index is 4.09. The molecular formula is C14H29NSi. The molecule has 0 aromatic rings. The third kappa shape index (κ3) is 3.46. The number of nitrogens with zero attached hydrogens (tertiary/aromatic N) is 1. The van der Waals surface area contributed by atoms with Gasteiger partial charge in [-0.3, -0.25) is 0 Å². The molecule has 2 heteroatoms. The van der Waals surface area contributed by atoms with Crippen LogP contribution < -0.4 is 0 Å². The van der Waals surface area contributed by atoms with Gasteiger partial charge in [-0.05, 0) is 51.7 Å². The summed E-state index contributed by atoms with van der Waals surface area (Å²) in [4.78, 5) is 2.83. The van der Waals surface area contributed by atoms with Crippen LogP contribution in [0.2, 0.25) is 6.04 Å². The molecule has 0 amide bonds. The molecule has 0 atom stereocenters. The van der Waals surface area contributed by atoms with Crippen molar-refractivity contribution in [2.24, 2.45) is 0 Å². The van der Waals surface area contributed by atoms with Crippen LogP contribution in [0.25, 0.3) is 0 Å². The molecule has 0 aromatic carbocycles. The molecule has 0 saturated carbocycles. The van der Waals surface area contributed by atoms with Crippen LogP contribution in [0.3, 0.4) is 0 Å². The number of piperidine rings is 1. The summed E-state index contributed by atoms with van der Waals surface area (Å²) in [6, 6.07) is 1.33. The molecule has 0 unspecified atom stereocenters. The van der Waals surface area contributed by atoms with Gasteiger partial charge in [-0.15, -0.1) is 6.58 Å². The Kier molecular flexibility index (Phi) is 5.77. The van der Waals surface area contributed by atoms with Crippen molar-refractivity contribution in [1.82, 2.24) is 4.90 Å². The Morgan fingerprint density at radius 2 is 1.75 bits per heavy atom. The molecule has 1 fully saturated rings. The quantitative estimate of drug-likeness (QED) is 0.508. The molecule has 0 N–H and O–H groups in total. The van der Waals surface area contributed by atoms with Gasteiger partial charge in [0.2, 0.25) is 0 Å². The summed E-state index contributed by atoms with van der Waals surface area (Å²) in [5, 5.41) is 0.597. The van der Waals surface area contributed by atoms with Gasteiger partial charge in [-0.1, -0.05) is 25.8 Å². The summed E-state index contributed by atoms with van der Waals surface area (Å²) in [5.74, 6) is 0. The Morgan fingerprint density at radius 3 is 2.19 bits per heavy atom. The van der Waals surface area contributed by atoms with E-state index in [1.54, 1.807) is 0 Å². The minimum absolute atomic E-state index is 0.0475. The summed E-state index contributed by atoms with van der Waals surface area (Å²) in [5.41, 5.74) is 1.40. The van der Waals surface area contributed by atoms with Crippen molar-refractivity contribution < 1.29 is 0 Å². The molecular weight excluding hydrogens is 210 g/mol. The average Bonchev–Trinajstić information content (AvgIpc) is 2.32. The van der Waals surface area contributed by atoms with Crippen molar-refractivity contribution >= 4 is 9.52 Å². The van der Waals surface area contributed by atoms with Gasteiger partial charge in [0, 0.05) is 14.7 Å². The van der Waals surface area contributed by atoms with E-state index in [-0.39, 0.29) is 9.52 Å². The molecule has 16 heavy (non-hydrogen) atoms. The molecule has 0 aliphatic carbocycles. The smallest absolute Gasteiger partial charge is 0.0487 e. The van der Waals surface area contributed by atoms with Gasteiger partial charge in [0.1, 0.15) is 0 Å². The van der Waals surface area contributed by atoms with Gasteiger partial charge >= 0.3 is 0 Å². The highest BCUT2D eigenvalue weighted by Gasteiger charge is 2.33. The molecule has 0 spiro atoms. The maximum Gasteiger partial charge on any atom is 0.0487 e. The van der Waals surface area contributed by atoms with Crippen LogP contribution in [-0.4, -0.2) is 32.7 Å². The SMILES string of the molecule is C=C(C)C[SiH2]C(CC)(CC)N1CCCCC1. The monoisotopic (exact) mass is 239 g/mol. The largest absolute Gasteiger partial charge is 0.301 e. The molecule has 1 aliphatic rings. The van der Waals surface area contributed by atoms with E-state index in [0.717, 1.165) is 0 Å². The minimum Gasteiger partial charge on any atom is -0.301 e. The molecule has 0 radical (unpaired) electrons. The lowest BCUT2D eigenvalue weighted by Gasteiger charge is -2.45. The lowest BCUT2D eigenvalue weighted by atomic mass is 10.0. The third-order valence-corrected chi connectivity index (χ3v) is 7.84. The van der Waals surface area contributed by atoms with E-state index < -0.39 is 0 Å². The summed E-state index contributed by atoms with van der Waals surface area (Å²) in [6.07, 6.45) is 6.99. The van der Waals surface area contributed by atoms with Crippen LogP contribution in [0.5, 0.6) is 0 Å². The molecule has 94 valence electrons. The fourth-order valence-electron chi connectivity index (χ4n) is 3.02. The van der Waals surface area contributed by atoms with Crippen molar-refractivity contribution in [3.8, 4) is 0 Å². The summed E-state index contributed by atoms with van der Waals surface area (Å²) < 4.78 is 0. The first-order valence-electron chi connectivity index (χ1n) is 7.04. The highest BCUT2D eigenvalue weighted by atomic mass is 28.2. The zero-order chi connectivity index (χ0) is 12.0. The highest BCUT2D eigenvalue weighted by Crippen LogP contribution is 2.28. The Labute approximate surface area is 104 Å². The second-order valence-corrected chi connectivity index (χ2v) is 7.75. The molecule has 1 aliphatic heterocycles. The Hall–Kier alpha value is -0.0831. The number of rotatable bonds is 6. The van der Waals surface area contributed by atoms with Crippen LogP contribution in [0.4, 0.5) is 0 Å². The lowest BCUT2D eigenvalue weighted by Crippen LogP contribution is -2.54. The first kappa shape index (κ1) is 14.0. The van der Waals surface area contributed by atoms with Gasteiger partial charge in [0.25, 0.3) is 0 Å². The number of allylic oxidation sites excluding steroid dienone is 1. The van der Waals surface area contributed by atoms with E-state index in [0.29, 0.717) is 5.16 Å². The van der Waals surface area contributed by atoms with E-state index in [1.165, 1.54) is 56.8 Å². The molecule has 0 bridgehead atoms. The summed E-state index contributed by atoms with van der Waals surface area (Å²) in [7, 11) is -0.0475. The van der Waals surface area contributed by atoms with Crippen LogP contribution in [0.15, 0.2) is 12.2 Å². The van der Waals surface area contributed by atoms with Crippen molar-refractivity contribution in [3.05, 3.63) is 12.2 Å². The predicted octanol–water partition coefficient (Wildman–Crippen LogP) is 3.15. The van der Waals surface area contributed by atoms with Gasteiger partial charge in [0.05, 0.1) is 0 Å². The van der Waals surface area contributed by atoms with Gasteiger partial charge < -0.3 is 4.90 Å². The van der Waals surface area contributed by atoms with Crippen LogP contribution in [0, 0.1) is 0 Å². The standard InChI is InChI=1S/C14H29NSi/c1-5-14(6-2,16-12-13(3)4)15-10-8-7-9-11-15/h3,5-12,16H2,1-2,4H3. The third-order valence-electron chi connectivity index (χ3n) is 4.36. The normalized spacial score (nSPS) is 19.4. The van der Waals surface area contributed by atoms with Crippen molar-refractivity contribution in [3.63, 3.8) is 0 Å². The van der Waals surface area contributed by atoms with Crippen molar-refractivity contribution in [1.29, 1.82) is 0 Å². The predicted molar refractivity (Wildman–Crippen MR) is 76.9 cm³/mol. The Morgan fingerprint density at radius 1 is 1.19 bits per heavy atom. The minimum atomic E-state index is -0.0475. The van der Waals surface area contributed by atoms with Gasteiger partial charge in [0.15, 0.2) is 0 Å². The van der Waals surface area contributed by atoms with Gasteiger partial charge in [-0.2, -0.15) is 0 Å². The first-order valence-corrected chi connectivity index (χ1v) is 8.75. The fourth-order valence-corrected chi connectivity index (χ4v) is 5.25. The lowest BCUT2D eigenvalue weighted by molar-refractivity contribution is 0.120. The second-order valence-electron chi connectivity index (χ2n) is 5.44. The van der Waals surface area contributed by atoms with E-state index in [2.05, 4.69) is 32.3 Å². The Bertz CT molecular complexity index is 215. The molecule has 1 rings (SSSR count). The number of hydrogen-bond donors (Lipinski definition) is 0. The summed E-state index contributed by atoms with van der Waals surface area (Å²) in [6.45, 7) is 13.8. The fraction of sp³-hybridized carbons (Fsp3) is 0.857. The average molecular weight is 239 g/mol. The Balaban J connectivity index is 2.64. The van der Waals surface area contributed by atoms with E-state index in [4.69, 9.17) is 0 Å². The molecule has 1 saturated heterocycles. The second kappa shape index (κ2) is 6.60. The van der Waals surface area contributed by atoms with E-state index in [1.807, 2.05) is 0 Å². The topological polar surface area (TPSA) is 3.24 Å². The van der Waals surface area contributed by atoms with Crippen LogP contribution >= 0.6 is 0 Å². The first-order chi connectivity index (χ1) is 7.64. The number of likely N-dealkylation sites (tertiary alicyclic amines) is 1. The van der Waals surface area contributed by atoms with Crippen molar-refractivity contribution in [2.75, 3.05) is 13.1 Å². The number of hydrogen-bond acceptors (Lipinski definition) is 1. The van der Waals surface area contributed by atoms with Gasteiger partial charge in [-0.25, -0.2) is 0 Å². The van der Waals surface area contributed by atoms with E-state index in [9.17, 15) is 0 Å². The van der Waals surface area contributed by atoms with Crippen molar-refractivity contribution in [2.45, 2.75) is 64.1 Å². The highest BCUT2D eigenvalue weighted by molar-refractivity contribution is 6.41. The molecule has 1 nitrogen and oxygen atoms in total.